The molecule has 0 N–H and O–H groups in total. The van der Waals surface area contributed by atoms with Gasteiger partial charge in [-0.3, -0.25) is 4.79 Å². The Hall–Kier alpha value is -3.82. The van der Waals surface area contributed by atoms with E-state index in [0.29, 0.717) is 69.3 Å². The Kier molecular flexibility index (Phi) is 6.10. The average molecular weight is 508 g/mol. The quantitative estimate of drug-likeness (QED) is 0.533. The van der Waals surface area contributed by atoms with Crippen molar-refractivity contribution in [1.29, 1.82) is 0 Å². The van der Waals surface area contributed by atoms with Crippen molar-refractivity contribution >= 4 is 11.7 Å². The van der Waals surface area contributed by atoms with Crippen molar-refractivity contribution in [2.75, 3.05) is 31.1 Å². The molecule has 0 saturated carbocycles. The Bertz CT molecular complexity index is 1360. The van der Waals surface area contributed by atoms with Crippen LogP contribution in [0.5, 0.6) is 11.6 Å². The summed E-state index contributed by atoms with van der Waals surface area (Å²) in [4.78, 5) is 30.7. The topological polar surface area (TPSA) is 80.7 Å². The summed E-state index contributed by atoms with van der Waals surface area (Å²) in [5, 5.41) is 0. The van der Waals surface area contributed by atoms with Gasteiger partial charge in [0.25, 0.3) is 0 Å². The molecule has 0 radical (unpaired) electrons. The van der Waals surface area contributed by atoms with E-state index >= 15 is 0 Å². The molecule has 0 spiro atoms. The molecule has 0 bridgehead atoms. The number of piperidine rings is 1. The van der Waals surface area contributed by atoms with Gasteiger partial charge in [-0.05, 0) is 18.2 Å². The minimum atomic E-state index is -0.699. The predicted molar refractivity (Wildman–Crippen MR) is 131 cm³/mol. The van der Waals surface area contributed by atoms with Crippen LogP contribution in [0, 0.1) is 11.6 Å². The monoisotopic (exact) mass is 507 g/mol. The summed E-state index contributed by atoms with van der Waals surface area (Å²) >= 11 is 0. The number of fused-ring (bicyclic) bond motifs is 2. The van der Waals surface area contributed by atoms with Gasteiger partial charge in [-0.25, -0.2) is 23.7 Å². The summed E-state index contributed by atoms with van der Waals surface area (Å²) < 4.78 is 38.9. The maximum atomic E-state index is 14.1. The summed E-state index contributed by atoms with van der Waals surface area (Å²) in [6.45, 7) is 4.48. The first-order chi connectivity index (χ1) is 17.9. The van der Waals surface area contributed by atoms with Crippen LogP contribution >= 0.6 is 0 Å². The van der Waals surface area contributed by atoms with Crippen molar-refractivity contribution in [2.45, 2.75) is 45.3 Å². The fourth-order valence-corrected chi connectivity index (χ4v) is 5.09. The van der Waals surface area contributed by atoms with Gasteiger partial charge < -0.3 is 19.3 Å². The van der Waals surface area contributed by atoms with Crippen molar-refractivity contribution in [3.63, 3.8) is 0 Å². The highest BCUT2D eigenvalue weighted by molar-refractivity contribution is 5.74. The smallest absolute Gasteiger partial charge is 0.219 e. The number of amides is 1. The summed E-state index contributed by atoms with van der Waals surface area (Å²) in [5.74, 6) is 0.117. The maximum Gasteiger partial charge on any atom is 0.219 e. The number of halogens is 2. The largest absolute Gasteiger partial charge is 0.487 e. The van der Waals surface area contributed by atoms with Crippen LogP contribution in [0.15, 0.2) is 30.3 Å². The molecule has 1 aromatic carbocycles. The number of ether oxygens (including phenoxy) is 2. The summed E-state index contributed by atoms with van der Waals surface area (Å²) in [7, 11) is 0. The van der Waals surface area contributed by atoms with Crippen LogP contribution in [0.3, 0.4) is 0 Å². The number of carbonyl (C=O) groups excluding carboxylic acids is 1. The van der Waals surface area contributed by atoms with Gasteiger partial charge in [0.15, 0.2) is 17.4 Å². The van der Waals surface area contributed by atoms with Gasteiger partial charge in [-0.15, -0.1) is 0 Å². The second kappa shape index (κ2) is 9.57. The van der Waals surface area contributed by atoms with Crippen molar-refractivity contribution in [3.05, 3.63) is 58.9 Å². The maximum absolute atomic E-state index is 14.1. The second-order valence-electron chi connectivity index (χ2n) is 9.62. The normalized spacial score (nSPS) is 17.3. The Morgan fingerprint density at radius 3 is 2.65 bits per heavy atom. The molecule has 1 amide bonds. The lowest BCUT2D eigenvalue weighted by atomic mass is 10.1. The van der Waals surface area contributed by atoms with Gasteiger partial charge in [0.05, 0.1) is 30.2 Å². The van der Waals surface area contributed by atoms with E-state index in [0.717, 1.165) is 35.3 Å². The molecule has 0 atom stereocenters. The highest BCUT2D eigenvalue weighted by Gasteiger charge is 2.29. The third-order valence-corrected chi connectivity index (χ3v) is 7.16. The lowest BCUT2D eigenvalue weighted by Crippen LogP contribution is -2.40. The van der Waals surface area contributed by atoms with E-state index in [9.17, 15) is 13.6 Å². The predicted octanol–water partition coefficient (Wildman–Crippen LogP) is 3.70. The van der Waals surface area contributed by atoms with Crippen LogP contribution in [0.25, 0.3) is 11.4 Å². The first kappa shape index (κ1) is 23.6. The van der Waals surface area contributed by atoms with Crippen molar-refractivity contribution in [1.82, 2.24) is 19.9 Å². The Morgan fingerprint density at radius 2 is 1.86 bits per heavy atom. The minimum absolute atomic E-state index is 0.0156. The Balaban J connectivity index is 1.28. The van der Waals surface area contributed by atoms with Crippen molar-refractivity contribution < 1.29 is 23.0 Å². The molecule has 10 heteroatoms. The van der Waals surface area contributed by atoms with Gasteiger partial charge in [-0.1, -0.05) is 6.07 Å². The van der Waals surface area contributed by atoms with E-state index in [-0.39, 0.29) is 17.8 Å². The summed E-state index contributed by atoms with van der Waals surface area (Å²) in [5.41, 5.74) is 4.09. The standard InChI is InChI=1S/C27H27F2N5O3/c1-16(35)34-12-8-21-23(15-34)30-25(22-4-2-17-9-13-36-27(17)32-22)26(31-21)33-10-6-19(7-11-33)37-24-5-3-18(28)14-20(24)29/h2-5,14,19H,6-13,15H2,1H3. The molecule has 3 aromatic rings. The van der Waals surface area contributed by atoms with Gasteiger partial charge in [-0.2, -0.15) is 0 Å². The molecular formula is C27H27F2N5O3. The molecule has 0 aliphatic carbocycles. The fraction of sp³-hybridized carbons (Fsp3) is 0.407. The van der Waals surface area contributed by atoms with E-state index in [1.807, 2.05) is 12.1 Å². The third kappa shape index (κ3) is 4.68. The van der Waals surface area contributed by atoms with Crippen LogP contribution in [0.2, 0.25) is 0 Å². The number of pyridine rings is 1. The highest BCUT2D eigenvalue weighted by Crippen LogP contribution is 2.34. The number of aromatic nitrogens is 3. The van der Waals surface area contributed by atoms with E-state index < -0.39 is 11.6 Å². The third-order valence-electron chi connectivity index (χ3n) is 7.16. The zero-order valence-electron chi connectivity index (χ0n) is 20.5. The summed E-state index contributed by atoms with van der Waals surface area (Å²) in [6, 6.07) is 7.33. The first-order valence-electron chi connectivity index (χ1n) is 12.6. The average Bonchev–Trinajstić information content (AvgIpc) is 3.38. The van der Waals surface area contributed by atoms with Crippen LogP contribution in [0.1, 0.15) is 36.7 Å². The zero-order chi connectivity index (χ0) is 25.5. The number of benzene rings is 1. The first-order valence-corrected chi connectivity index (χ1v) is 12.6. The van der Waals surface area contributed by atoms with Crippen molar-refractivity contribution in [3.8, 4) is 23.0 Å². The van der Waals surface area contributed by atoms with E-state index in [1.54, 1.807) is 11.8 Å². The zero-order valence-corrected chi connectivity index (χ0v) is 20.5. The molecule has 1 fully saturated rings. The number of rotatable bonds is 4. The molecule has 192 valence electrons. The Morgan fingerprint density at radius 1 is 1.03 bits per heavy atom. The molecule has 37 heavy (non-hydrogen) atoms. The number of hydrogen-bond acceptors (Lipinski definition) is 7. The second-order valence-corrected chi connectivity index (χ2v) is 9.62. The molecule has 8 nitrogen and oxygen atoms in total. The lowest BCUT2D eigenvalue weighted by Gasteiger charge is -2.35. The lowest BCUT2D eigenvalue weighted by molar-refractivity contribution is -0.129. The van der Waals surface area contributed by atoms with Gasteiger partial charge in [0.2, 0.25) is 11.8 Å². The minimum Gasteiger partial charge on any atom is -0.487 e. The van der Waals surface area contributed by atoms with Gasteiger partial charge >= 0.3 is 0 Å². The van der Waals surface area contributed by atoms with Crippen molar-refractivity contribution in [2.24, 2.45) is 0 Å². The van der Waals surface area contributed by atoms with E-state index in [1.165, 1.54) is 12.1 Å². The van der Waals surface area contributed by atoms with Crippen LogP contribution in [0.4, 0.5) is 14.6 Å². The molecule has 3 aliphatic heterocycles. The van der Waals surface area contributed by atoms with E-state index in [2.05, 4.69) is 4.90 Å². The van der Waals surface area contributed by atoms with Gasteiger partial charge in [0.1, 0.15) is 17.6 Å². The molecule has 2 aromatic heterocycles. The number of nitrogens with zero attached hydrogens (tertiary/aromatic N) is 5. The number of hydrogen-bond donors (Lipinski definition) is 0. The molecular weight excluding hydrogens is 480 g/mol. The van der Waals surface area contributed by atoms with Crippen LogP contribution < -0.4 is 14.4 Å². The van der Waals surface area contributed by atoms with Crippen LogP contribution in [-0.4, -0.2) is 58.1 Å². The molecule has 1 saturated heterocycles. The molecule has 5 heterocycles. The van der Waals surface area contributed by atoms with E-state index in [4.69, 9.17) is 24.4 Å². The van der Waals surface area contributed by atoms with Gasteiger partial charge in [0, 0.05) is 63.9 Å². The highest BCUT2D eigenvalue weighted by atomic mass is 19.1. The SMILES string of the molecule is CC(=O)N1CCc2nc(N3CCC(Oc4ccc(F)cc4F)CC3)c(-c3ccc4c(n3)OCC4)nc2C1. The fourth-order valence-electron chi connectivity index (χ4n) is 5.09. The molecule has 3 aliphatic rings. The molecule has 6 rings (SSSR count). The Labute approximate surface area is 213 Å². The van der Waals surface area contributed by atoms with Crippen LogP contribution in [-0.2, 0) is 24.2 Å². The summed E-state index contributed by atoms with van der Waals surface area (Å²) in [6.07, 6.45) is 2.57. The number of anilines is 1. The number of carbonyl (C=O) groups is 1. The molecule has 0 unspecified atom stereocenters.